The number of hydrogen-bond acceptors (Lipinski definition) is 5. The molecule has 0 atom stereocenters. The van der Waals surface area contributed by atoms with Gasteiger partial charge in [0.1, 0.15) is 5.58 Å². The minimum atomic E-state index is -4.41. The van der Waals surface area contributed by atoms with E-state index >= 15 is 0 Å². The van der Waals surface area contributed by atoms with Gasteiger partial charge in [-0.2, -0.15) is 13.2 Å². The highest BCUT2D eigenvalue weighted by molar-refractivity contribution is 7.14. The molecule has 146 valence electrons. The topological polar surface area (TPSA) is 72.2 Å². The van der Waals surface area contributed by atoms with Gasteiger partial charge in [0.25, 0.3) is 5.91 Å². The maximum absolute atomic E-state index is 12.7. The molecule has 2 aromatic heterocycles. The summed E-state index contributed by atoms with van der Waals surface area (Å²) in [5.41, 5.74) is 0.0821. The summed E-state index contributed by atoms with van der Waals surface area (Å²) < 4.78 is 43.5. The average molecular weight is 416 g/mol. The Labute approximate surface area is 165 Å². The van der Waals surface area contributed by atoms with Crippen molar-refractivity contribution in [3.63, 3.8) is 0 Å². The van der Waals surface area contributed by atoms with Crippen molar-refractivity contribution in [1.82, 2.24) is 4.98 Å². The molecular weight excluding hydrogens is 405 g/mol. The number of para-hydroxylation sites is 1. The Morgan fingerprint density at radius 1 is 1.07 bits per heavy atom. The summed E-state index contributed by atoms with van der Waals surface area (Å²) in [6.45, 7) is 0. The Balaban J connectivity index is 1.55. The monoisotopic (exact) mass is 416 g/mol. The molecule has 0 bridgehead atoms. The fraction of sp³-hybridized carbons (Fsp3) is 0.0500. The van der Waals surface area contributed by atoms with E-state index in [-0.39, 0.29) is 21.9 Å². The third-order valence-electron chi connectivity index (χ3n) is 4.09. The second kappa shape index (κ2) is 7.17. The van der Waals surface area contributed by atoms with Gasteiger partial charge in [-0.25, -0.2) is 4.98 Å². The van der Waals surface area contributed by atoms with Crippen LogP contribution in [0.2, 0.25) is 0 Å². The number of hydrogen-bond donors (Lipinski definition) is 1. The number of amides is 1. The van der Waals surface area contributed by atoms with Gasteiger partial charge in [-0.15, -0.1) is 11.3 Å². The highest BCUT2D eigenvalue weighted by Gasteiger charge is 2.30. The molecule has 0 radical (unpaired) electrons. The van der Waals surface area contributed by atoms with Crippen LogP contribution in [0.15, 0.2) is 69.2 Å². The number of thiazole rings is 1. The third-order valence-corrected chi connectivity index (χ3v) is 4.85. The number of benzene rings is 2. The van der Waals surface area contributed by atoms with Crippen LogP contribution in [0.25, 0.3) is 22.2 Å². The van der Waals surface area contributed by atoms with Gasteiger partial charge in [0.05, 0.1) is 16.6 Å². The Bertz CT molecular complexity index is 1260. The van der Waals surface area contributed by atoms with Crippen LogP contribution in [-0.4, -0.2) is 10.9 Å². The van der Waals surface area contributed by atoms with Crippen molar-refractivity contribution in [2.75, 3.05) is 5.32 Å². The lowest BCUT2D eigenvalue weighted by Gasteiger charge is -2.06. The van der Waals surface area contributed by atoms with Crippen LogP contribution in [0.1, 0.15) is 16.1 Å². The third kappa shape index (κ3) is 3.90. The molecule has 0 unspecified atom stereocenters. The van der Waals surface area contributed by atoms with E-state index in [9.17, 15) is 22.8 Å². The number of aromatic nitrogens is 1. The fourth-order valence-electron chi connectivity index (χ4n) is 2.67. The first-order chi connectivity index (χ1) is 13.8. The standard InChI is InChI=1S/C20H11F3N2O3S/c21-20(22,23)12-7-5-11(6-8-12)14-10-29-19(24-14)25-18(27)17-9-15(26)13-3-1-2-4-16(13)28-17/h1-10H,(H,24,25,27). The molecule has 4 rings (SSSR count). The van der Waals surface area contributed by atoms with Crippen molar-refractivity contribution >= 4 is 33.3 Å². The zero-order valence-corrected chi connectivity index (χ0v) is 15.3. The van der Waals surface area contributed by atoms with E-state index in [0.29, 0.717) is 16.6 Å². The maximum Gasteiger partial charge on any atom is 0.416 e. The van der Waals surface area contributed by atoms with Crippen LogP contribution < -0.4 is 10.7 Å². The first kappa shape index (κ1) is 18.9. The van der Waals surface area contributed by atoms with Gasteiger partial charge in [0, 0.05) is 17.0 Å². The molecule has 2 aromatic carbocycles. The number of carbonyl (C=O) groups is 1. The second-order valence-corrected chi connectivity index (χ2v) is 6.90. The summed E-state index contributed by atoms with van der Waals surface area (Å²) in [6, 6.07) is 12.2. The zero-order chi connectivity index (χ0) is 20.6. The largest absolute Gasteiger partial charge is 0.451 e. The number of nitrogens with one attached hydrogen (secondary N) is 1. The first-order valence-corrected chi connectivity index (χ1v) is 9.16. The van der Waals surface area contributed by atoms with Crippen LogP contribution in [0.5, 0.6) is 0 Å². The zero-order valence-electron chi connectivity index (χ0n) is 14.5. The predicted octanol–water partition coefficient (Wildman–Crippen LogP) is 5.19. The molecule has 0 saturated heterocycles. The fourth-order valence-corrected chi connectivity index (χ4v) is 3.38. The van der Waals surface area contributed by atoms with Gasteiger partial charge in [-0.1, -0.05) is 24.3 Å². The van der Waals surface area contributed by atoms with Crippen LogP contribution >= 0.6 is 11.3 Å². The Kier molecular flexibility index (Phi) is 4.67. The number of anilines is 1. The molecule has 0 saturated carbocycles. The summed E-state index contributed by atoms with van der Waals surface area (Å²) >= 11 is 1.10. The number of nitrogens with zero attached hydrogens (tertiary/aromatic N) is 1. The Morgan fingerprint density at radius 2 is 1.79 bits per heavy atom. The maximum atomic E-state index is 12.7. The van der Waals surface area contributed by atoms with Crippen LogP contribution in [0, 0.1) is 0 Å². The lowest BCUT2D eigenvalue weighted by atomic mass is 10.1. The SMILES string of the molecule is O=C(Nc1nc(-c2ccc(C(F)(F)F)cc2)cs1)c1cc(=O)c2ccccc2o1. The lowest BCUT2D eigenvalue weighted by molar-refractivity contribution is -0.137. The lowest BCUT2D eigenvalue weighted by Crippen LogP contribution is -2.14. The highest BCUT2D eigenvalue weighted by atomic mass is 32.1. The molecule has 0 fully saturated rings. The summed E-state index contributed by atoms with van der Waals surface area (Å²) in [5.74, 6) is -0.818. The first-order valence-electron chi connectivity index (χ1n) is 8.29. The summed E-state index contributed by atoms with van der Waals surface area (Å²) in [6.07, 6.45) is -4.41. The van der Waals surface area contributed by atoms with Gasteiger partial charge in [-0.3, -0.25) is 14.9 Å². The molecule has 29 heavy (non-hydrogen) atoms. The van der Waals surface area contributed by atoms with Gasteiger partial charge in [0.2, 0.25) is 0 Å². The molecule has 1 N–H and O–H groups in total. The van der Waals surface area contributed by atoms with Gasteiger partial charge < -0.3 is 4.42 Å². The van der Waals surface area contributed by atoms with Crippen molar-refractivity contribution in [3.8, 4) is 11.3 Å². The van der Waals surface area contributed by atoms with E-state index in [2.05, 4.69) is 10.3 Å². The summed E-state index contributed by atoms with van der Waals surface area (Å²) in [5, 5.41) is 4.72. The predicted molar refractivity (Wildman–Crippen MR) is 103 cm³/mol. The molecule has 4 aromatic rings. The number of alkyl halides is 3. The smallest absolute Gasteiger partial charge is 0.416 e. The van der Waals surface area contributed by atoms with E-state index in [4.69, 9.17) is 4.42 Å². The van der Waals surface area contributed by atoms with Crippen molar-refractivity contribution < 1.29 is 22.4 Å². The molecule has 9 heteroatoms. The van der Waals surface area contributed by atoms with Gasteiger partial charge in [0.15, 0.2) is 16.3 Å². The van der Waals surface area contributed by atoms with Crippen molar-refractivity contribution in [2.45, 2.75) is 6.18 Å². The van der Waals surface area contributed by atoms with E-state index in [1.165, 1.54) is 12.1 Å². The van der Waals surface area contributed by atoms with Crippen LogP contribution in [0.4, 0.5) is 18.3 Å². The molecule has 0 aliphatic heterocycles. The average Bonchev–Trinajstić information content (AvgIpc) is 3.16. The molecule has 5 nitrogen and oxygen atoms in total. The second-order valence-electron chi connectivity index (χ2n) is 6.04. The van der Waals surface area contributed by atoms with E-state index in [1.807, 2.05) is 0 Å². The van der Waals surface area contributed by atoms with Crippen molar-refractivity contribution in [3.05, 3.63) is 81.5 Å². The van der Waals surface area contributed by atoms with Crippen molar-refractivity contribution in [2.24, 2.45) is 0 Å². The molecule has 0 spiro atoms. The number of rotatable bonds is 3. The number of halogens is 3. The molecule has 2 heterocycles. The minimum absolute atomic E-state index is 0.167. The van der Waals surface area contributed by atoms with E-state index in [0.717, 1.165) is 29.5 Å². The highest BCUT2D eigenvalue weighted by Crippen LogP contribution is 2.32. The van der Waals surface area contributed by atoms with Gasteiger partial charge in [-0.05, 0) is 24.3 Å². The summed E-state index contributed by atoms with van der Waals surface area (Å²) in [7, 11) is 0. The van der Waals surface area contributed by atoms with E-state index < -0.39 is 17.6 Å². The molecule has 0 aliphatic carbocycles. The number of fused-ring (bicyclic) bond motifs is 1. The van der Waals surface area contributed by atoms with E-state index in [1.54, 1.807) is 29.6 Å². The number of carbonyl (C=O) groups excluding carboxylic acids is 1. The van der Waals surface area contributed by atoms with Gasteiger partial charge >= 0.3 is 6.18 Å². The quantitative estimate of drug-likeness (QED) is 0.499. The molecule has 0 aliphatic rings. The molecular formula is C20H11F3N2O3S. The Hall–Kier alpha value is -3.46. The van der Waals surface area contributed by atoms with Crippen LogP contribution in [0.3, 0.4) is 0 Å². The normalized spacial score (nSPS) is 11.6. The summed E-state index contributed by atoms with van der Waals surface area (Å²) in [4.78, 5) is 28.7. The van der Waals surface area contributed by atoms with Crippen LogP contribution in [-0.2, 0) is 6.18 Å². The minimum Gasteiger partial charge on any atom is -0.451 e. The van der Waals surface area contributed by atoms with Crippen molar-refractivity contribution in [1.29, 1.82) is 0 Å². The Morgan fingerprint density at radius 3 is 2.52 bits per heavy atom. The molecule has 1 amide bonds.